The van der Waals surface area contributed by atoms with Gasteiger partial charge in [-0.3, -0.25) is 4.79 Å². The molecule has 1 N–H and O–H groups in total. The quantitative estimate of drug-likeness (QED) is 0.884. The maximum absolute atomic E-state index is 12.3. The van der Waals surface area contributed by atoms with Gasteiger partial charge in [0, 0.05) is 6.54 Å². The summed E-state index contributed by atoms with van der Waals surface area (Å²) in [5.74, 6) is 0.171. The fourth-order valence-corrected chi connectivity index (χ4v) is 1.38. The van der Waals surface area contributed by atoms with Gasteiger partial charge in [-0.1, -0.05) is 26.0 Å². The Labute approximate surface area is 104 Å². The summed E-state index contributed by atoms with van der Waals surface area (Å²) in [5, 5.41) is 2.71. The minimum absolute atomic E-state index is 0.102. The SMILES string of the molecule is CC(C)CNC(=O)Cc1ccc(C(F)(F)F)cc1. The maximum Gasteiger partial charge on any atom is 0.416 e. The fraction of sp³-hybridized carbons (Fsp3) is 0.462. The van der Waals surface area contributed by atoms with Gasteiger partial charge >= 0.3 is 6.18 Å². The van der Waals surface area contributed by atoms with Crippen LogP contribution in [0.2, 0.25) is 0 Å². The molecule has 18 heavy (non-hydrogen) atoms. The number of nitrogens with one attached hydrogen (secondary N) is 1. The van der Waals surface area contributed by atoms with E-state index in [0.29, 0.717) is 18.0 Å². The van der Waals surface area contributed by atoms with Crippen molar-refractivity contribution in [3.8, 4) is 0 Å². The molecule has 0 aliphatic carbocycles. The summed E-state index contributed by atoms with van der Waals surface area (Å²) >= 11 is 0. The first-order chi connectivity index (χ1) is 8.29. The first-order valence-corrected chi connectivity index (χ1v) is 5.72. The van der Waals surface area contributed by atoms with Crippen LogP contribution in [0.5, 0.6) is 0 Å². The summed E-state index contributed by atoms with van der Waals surface area (Å²) in [7, 11) is 0. The van der Waals surface area contributed by atoms with Crippen LogP contribution in [0, 0.1) is 5.92 Å². The molecule has 0 unspecified atom stereocenters. The number of amides is 1. The van der Waals surface area contributed by atoms with Crippen LogP contribution >= 0.6 is 0 Å². The smallest absolute Gasteiger partial charge is 0.356 e. The van der Waals surface area contributed by atoms with Crippen LogP contribution in [0.1, 0.15) is 25.0 Å². The standard InChI is InChI=1S/C13H16F3NO/c1-9(2)8-17-12(18)7-10-3-5-11(6-4-10)13(14,15)16/h3-6,9H,7-8H2,1-2H3,(H,17,18). The van der Waals surface area contributed by atoms with Gasteiger partial charge in [-0.15, -0.1) is 0 Å². The molecule has 5 heteroatoms. The van der Waals surface area contributed by atoms with Crippen molar-refractivity contribution in [3.63, 3.8) is 0 Å². The van der Waals surface area contributed by atoms with Crippen LogP contribution in [-0.4, -0.2) is 12.5 Å². The predicted molar refractivity (Wildman–Crippen MR) is 63.0 cm³/mol. The molecule has 0 fully saturated rings. The first-order valence-electron chi connectivity index (χ1n) is 5.72. The number of hydrogen-bond acceptors (Lipinski definition) is 1. The van der Waals surface area contributed by atoms with E-state index in [4.69, 9.17) is 0 Å². The summed E-state index contributed by atoms with van der Waals surface area (Å²) in [6.45, 7) is 4.51. The Morgan fingerprint density at radius 1 is 1.22 bits per heavy atom. The molecule has 0 bridgehead atoms. The van der Waals surface area contributed by atoms with Gasteiger partial charge in [0.25, 0.3) is 0 Å². The van der Waals surface area contributed by atoms with Gasteiger partial charge in [0.2, 0.25) is 5.91 Å². The van der Waals surface area contributed by atoms with Gasteiger partial charge in [0.15, 0.2) is 0 Å². The number of rotatable bonds is 4. The summed E-state index contributed by atoms with van der Waals surface area (Å²) in [5.41, 5.74) is -0.127. The van der Waals surface area contributed by atoms with E-state index < -0.39 is 11.7 Å². The van der Waals surface area contributed by atoms with Gasteiger partial charge in [0.05, 0.1) is 12.0 Å². The summed E-state index contributed by atoms with van der Waals surface area (Å²) in [4.78, 5) is 11.5. The van der Waals surface area contributed by atoms with Gasteiger partial charge in [0.1, 0.15) is 0 Å². The van der Waals surface area contributed by atoms with Gasteiger partial charge in [-0.05, 0) is 23.6 Å². The van der Waals surface area contributed by atoms with E-state index in [-0.39, 0.29) is 12.3 Å². The number of halogens is 3. The highest BCUT2D eigenvalue weighted by molar-refractivity contribution is 5.78. The molecule has 0 saturated heterocycles. The van der Waals surface area contributed by atoms with Crippen LogP contribution in [0.4, 0.5) is 13.2 Å². The number of benzene rings is 1. The van der Waals surface area contributed by atoms with E-state index in [9.17, 15) is 18.0 Å². The van der Waals surface area contributed by atoms with E-state index in [2.05, 4.69) is 5.32 Å². The highest BCUT2D eigenvalue weighted by atomic mass is 19.4. The topological polar surface area (TPSA) is 29.1 Å². The lowest BCUT2D eigenvalue weighted by Crippen LogP contribution is -2.28. The number of hydrogen-bond donors (Lipinski definition) is 1. The van der Waals surface area contributed by atoms with Crippen molar-refractivity contribution < 1.29 is 18.0 Å². The molecule has 1 rings (SSSR count). The lowest BCUT2D eigenvalue weighted by atomic mass is 10.1. The maximum atomic E-state index is 12.3. The Balaban J connectivity index is 2.56. The zero-order chi connectivity index (χ0) is 13.8. The molecule has 0 saturated carbocycles. The van der Waals surface area contributed by atoms with E-state index in [1.165, 1.54) is 12.1 Å². The minimum Gasteiger partial charge on any atom is -0.356 e. The van der Waals surface area contributed by atoms with Crippen LogP contribution in [-0.2, 0) is 17.4 Å². The van der Waals surface area contributed by atoms with E-state index in [0.717, 1.165) is 12.1 Å². The Bertz CT molecular complexity index is 396. The minimum atomic E-state index is -4.33. The number of carbonyl (C=O) groups excluding carboxylic acids is 1. The molecule has 1 aromatic carbocycles. The Hall–Kier alpha value is -1.52. The van der Waals surface area contributed by atoms with Crippen molar-refractivity contribution >= 4 is 5.91 Å². The van der Waals surface area contributed by atoms with Crippen LogP contribution in [0.25, 0.3) is 0 Å². The molecule has 0 atom stereocenters. The third-order valence-corrected chi connectivity index (χ3v) is 2.35. The zero-order valence-corrected chi connectivity index (χ0v) is 10.3. The largest absolute Gasteiger partial charge is 0.416 e. The first kappa shape index (κ1) is 14.5. The monoisotopic (exact) mass is 259 g/mol. The Kier molecular flexibility index (Phi) is 4.76. The second kappa shape index (κ2) is 5.89. The predicted octanol–water partition coefficient (Wildman–Crippen LogP) is 3.02. The van der Waals surface area contributed by atoms with E-state index in [1.54, 1.807) is 0 Å². The molecule has 100 valence electrons. The van der Waals surface area contributed by atoms with Crippen molar-refractivity contribution in [2.45, 2.75) is 26.4 Å². The average Bonchev–Trinajstić information content (AvgIpc) is 2.26. The number of alkyl halides is 3. The molecule has 0 radical (unpaired) electrons. The fourth-order valence-electron chi connectivity index (χ4n) is 1.38. The summed E-state index contributed by atoms with van der Waals surface area (Å²) in [6, 6.07) is 4.64. The molecule has 0 heterocycles. The molecule has 0 aliphatic heterocycles. The molecule has 0 spiro atoms. The third kappa shape index (κ3) is 4.77. The van der Waals surface area contributed by atoms with Crippen molar-refractivity contribution in [2.24, 2.45) is 5.92 Å². The van der Waals surface area contributed by atoms with Crippen molar-refractivity contribution in [3.05, 3.63) is 35.4 Å². The van der Waals surface area contributed by atoms with Gasteiger partial charge in [-0.25, -0.2) is 0 Å². The van der Waals surface area contributed by atoms with Crippen LogP contribution in [0.3, 0.4) is 0 Å². The second-order valence-corrected chi connectivity index (χ2v) is 4.57. The number of carbonyl (C=O) groups is 1. The van der Waals surface area contributed by atoms with Crippen LogP contribution < -0.4 is 5.32 Å². The lowest BCUT2D eigenvalue weighted by molar-refractivity contribution is -0.137. The van der Waals surface area contributed by atoms with Crippen molar-refractivity contribution in [2.75, 3.05) is 6.54 Å². The van der Waals surface area contributed by atoms with E-state index in [1.807, 2.05) is 13.8 Å². The van der Waals surface area contributed by atoms with Crippen LogP contribution in [0.15, 0.2) is 24.3 Å². The second-order valence-electron chi connectivity index (χ2n) is 4.57. The molecule has 1 aromatic rings. The highest BCUT2D eigenvalue weighted by Crippen LogP contribution is 2.29. The van der Waals surface area contributed by atoms with E-state index >= 15 is 0 Å². The normalized spacial score (nSPS) is 11.7. The Morgan fingerprint density at radius 2 is 1.78 bits per heavy atom. The van der Waals surface area contributed by atoms with Crippen molar-refractivity contribution in [1.29, 1.82) is 0 Å². The molecule has 0 aliphatic rings. The van der Waals surface area contributed by atoms with Gasteiger partial charge in [-0.2, -0.15) is 13.2 Å². The molecule has 1 amide bonds. The Morgan fingerprint density at radius 3 is 2.22 bits per heavy atom. The summed E-state index contributed by atoms with van der Waals surface area (Å²) in [6.07, 6.45) is -4.23. The average molecular weight is 259 g/mol. The molecular formula is C13H16F3NO. The lowest BCUT2D eigenvalue weighted by Gasteiger charge is -2.09. The highest BCUT2D eigenvalue weighted by Gasteiger charge is 2.29. The summed E-state index contributed by atoms with van der Waals surface area (Å²) < 4.78 is 36.9. The molecule has 2 nitrogen and oxygen atoms in total. The third-order valence-electron chi connectivity index (χ3n) is 2.35. The van der Waals surface area contributed by atoms with Crippen molar-refractivity contribution in [1.82, 2.24) is 5.32 Å². The zero-order valence-electron chi connectivity index (χ0n) is 10.3. The van der Waals surface area contributed by atoms with Gasteiger partial charge < -0.3 is 5.32 Å². The molecule has 0 aromatic heterocycles. The molecular weight excluding hydrogens is 243 g/mol.